The van der Waals surface area contributed by atoms with Gasteiger partial charge in [0.2, 0.25) is 0 Å². The summed E-state index contributed by atoms with van der Waals surface area (Å²) in [5.41, 5.74) is 3.12. The van der Waals surface area contributed by atoms with Gasteiger partial charge in [0.05, 0.1) is 12.0 Å². The smallest absolute Gasteiger partial charge is 0.295 e. The summed E-state index contributed by atoms with van der Waals surface area (Å²) in [6, 6.07) is 11.5. The van der Waals surface area contributed by atoms with E-state index in [-0.39, 0.29) is 5.91 Å². The van der Waals surface area contributed by atoms with Gasteiger partial charge in [0.25, 0.3) is 5.91 Å². The van der Waals surface area contributed by atoms with E-state index in [9.17, 15) is 4.79 Å². The van der Waals surface area contributed by atoms with Crippen LogP contribution in [0, 0.1) is 6.92 Å². The minimum atomic E-state index is -0.204. The van der Waals surface area contributed by atoms with Crippen molar-refractivity contribution in [3.63, 3.8) is 0 Å². The van der Waals surface area contributed by atoms with Crippen molar-refractivity contribution in [3.8, 4) is 11.3 Å². The first-order valence-corrected chi connectivity index (χ1v) is 7.37. The topological polar surface area (TPSA) is 46.3 Å². The molecule has 5 heteroatoms. The first-order valence-electron chi connectivity index (χ1n) is 6.49. The van der Waals surface area contributed by atoms with E-state index < -0.39 is 0 Å². The van der Waals surface area contributed by atoms with E-state index in [1.165, 1.54) is 28.1 Å². The second-order valence-corrected chi connectivity index (χ2v) is 5.56. The SMILES string of the molecule is Cc1ccc(-c2csc(N(C)C(=O)c3ccco3)n2)cc1. The van der Waals surface area contributed by atoms with Crippen molar-refractivity contribution in [2.24, 2.45) is 0 Å². The number of hydrogen-bond acceptors (Lipinski definition) is 4. The molecule has 21 heavy (non-hydrogen) atoms. The Labute approximate surface area is 126 Å². The van der Waals surface area contributed by atoms with Gasteiger partial charge in [0.15, 0.2) is 10.9 Å². The van der Waals surface area contributed by atoms with Gasteiger partial charge >= 0.3 is 0 Å². The number of aryl methyl sites for hydroxylation is 1. The Morgan fingerprint density at radius 2 is 2.00 bits per heavy atom. The van der Waals surface area contributed by atoms with Gasteiger partial charge in [-0.3, -0.25) is 9.69 Å². The molecule has 0 spiro atoms. The summed E-state index contributed by atoms with van der Waals surface area (Å²) < 4.78 is 5.13. The average Bonchev–Trinajstić information content (AvgIpc) is 3.18. The number of thiazole rings is 1. The van der Waals surface area contributed by atoms with Gasteiger partial charge in [-0.05, 0) is 19.1 Å². The molecule has 0 atom stereocenters. The molecule has 2 aromatic heterocycles. The fourth-order valence-electron chi connectivity index (χ4n) is 1.93. The van der Waals surface area contributed by atoms with Gasteiger partial charge in [0, 0.05) is 18.0 Å². The summed E-state index contributed by atoms with van der Waals surface area (Å²) in [5.74, 6) is 0.106. The van der Waals surface area contributed by atoms with Gasteiger partial charge in [-0.2, -0.15) is 0 Å². The number of amides is 1. The van der Waals surface area contributed by atoms with Crippen LogP contribution in [0.4, 0.5) is 5.13 Å². The average molecular weight is 298 g/mol. The maximum Gasteiger partial charge on any atom is 0.295 e. The molecule has 1 amide bonds. The third kappa shape index (κ3) is 2.73. The summed E-state index contributed by atoms with van der Waals surface area (Å²) in [4.78, 5) is 18.2. The number of furan rings is 1. The van der Waals surface area contributed by atoms with Crippen molar-refractivity contribution >= 4 is 22.4 Å². The number of hydrogen-bond donors (Lipinski definition) is 0. The molecule has 0 saturated heterocycles. The minimum absolute atomic E-state index is 0.204. The van der Waals surface area contributed by atoms with E-state index in [1.807, 2.05) is 36.6 Å². The Balaban J connectivity index is 1.84. The second kappa shape index (κ2) is 5.54. The van der Waals surface area contributed by atoms with Gasteiger partial charge in [-0.25, -0.2) is 4.98 Å². The van der Waals surface area contributed by atoms with Crippen molar-refractivity contribution < 1.29 is 9.21 Å². The molecule has 0 radical (unpaired) electrons. The molecule has 0 unspecified atom stereocenters. The van der Waals surface area contributed by atoms with Crippen LogP contribution in [-0.4, -0.2) is 17.9 Å². The third-order valence-electron chi connectivity index (χ3n) is 3.16. The fraction of sp³-hybridized carbons (Fsp3) is 0.125. The predicted molar refractivity (Wildman–Crippen MR) is 83.7 cm³/mol. The molecule has 4 nitrogen and oxygen atoms in total. The first-order chi connectivity index (χ1) is 10.1. The van der Waals surface area contributed by atoms with Gasteiger partial charge in [0.1, 0.15) is 0 Å². The Morgan fingerprint density at radius 1 is 1.24 bits per heavy atom. The lowest BCUT2D eigenvalue weighted by molar-refractivity contribution is 0.0966. The molecule has 0 N–H and O–H groups in total. The fourth-order valence-corrected chi connectivity index (χ4v) is 2.73. The zero-order valence-corrected chi connectivity index (χ0v) is 12.6. The molecule has 0 aliphatic rings. The van der Waals surface area contributed by atoms with Crippen LogP contribution >= 0.6 is 11.3 Å². The lowest BCUT2D eigenvalue weighted by Gasteiger charge is -2.11. The van der Waals surface area contributed by atoms with Crippen molar-refractivity contribution in [1.82, 2.24) is 4.98 Å². The quantitative estimate of drug-likeness (QED) is 0.734. The van der Waals surface area contributed by atoms with Crippen LogP contribution < -0.4 is 4.90 Å². The number of carbonyl (C=O) groups is 1. The van der Waals surface area contributed by atoms with Crippen molar-refractivity contribution in [1.29, 1.82) is 0 Å². The zero-order chi connectivity index (χ0) is 14.8. The number of benzene rings is 1. The maximum atomic E-state index is 12.2. The summed E-state index contributed by atoms with van der Waals surface area (Å²) in [7, 11) is 1.70. The third-order valence-corrected chi connectivity index (χ3v) is 4.08. The van der Waals surface area contributed by atoms with E-state index in [0.717, 1.165) is 11.3 Å². The van der Waals surface area contributed by atoms with E-state index in [2.05, 4.69) is 4.98 Å². The van der Waals surface area contributed by atoms with Crippen LogP contribution in [0.15, 0.2) is 52.5 Å². The van der Waals surface area contributed by atoms with E-state index in [1.54, 1.807) is 19.2 Å². The number of anilines is 1. The Bertz CT molecular complexity index is 745. The molecular weight excluding hydrogens is 284 g/mol. The lowest BCUT2D eigenvalue weighted by Crippen LogP contribution is -2.25. The molecule has 0 aliphatic carbocycles. The second-order valence-electron chi connectivity index (χ2n) is 4.72. The summed E-state index contributed by atoms with van der Waals surface area (Å²) in [6.45, 7) is 2.05. The van der Waals surface area contributed by atoms with Crippen LogP contribution in [0.1, 0.15) is 16.1 Å². The van der Waals surface area contributed by atoms with Crippen molar-refractivity contribution in [2.75, 3.05) is 11.9 Å². The van der Waals surface area contributed by atoms with Crippen LogP contribution in [0.3, 0.4) is 0 Å². The van der Waals surface area contributed by atoms with E-state index >= 15 is 0 Å². The van der Waals surface area contributed by atoms with Crippen LogP contribution in [0.25, 0.3) is 11.3 Å². The lowest BCUT2D eigenvalue weighted by atomic mass is 10.1. The normalized spacial score (nSPS) is 10.6. The Morgan fingerprint density at radius 3 is 2.67 bits per heavy atom. The zero-order valence-electron chi connectivity index (χ0n) is 11.7. The Hall–Kier alpha value is -2.40. The highest BCUT2D eigenvalue weighted by Crippen LogP contribution is 2.27. The monoisotopic (exact) mass is 298 g/mol. The highest BCUT2D eigenvalue weighted by atomic mass is 32.1. The molecular formula is C16H14N2O2S. The van der Waals surface area contributed by atoms with E-state index in [0.29, 0.717) is 10.9 Å². The molecule has 0 bridgehead atoms. The van der Waals surface area contributed by atoms with Gasteiger partial charge < -0.3 is 4.42 Å². The highest BCUT2D eigenvalue weighted by molar-refractivity contribution is 7.14. The van der Waals surface area contributed by atoms with Crippen molar-refractivity contribution in [3.05, 3.63) is 59.4 Å². The molecule has 0 aliphatic heterocycles. The summed E-state index contributed by atoms with van der Waals surface area (Å²) in [6.07, 6.45) is 1.49. The number of nitrogens with zero attached hydrogens (tertiary/aromatic N) is 2. The summed E-state index contributed by atoms with van der Waals surface area (Å²) in [5, 5.41) is 2.60. The predicted octanol–water partition coefficient (Wildman–Crippen LogP) is 3.99. The minimum Gasteiger partial charge on any atom is -0.459 e. The van der Waals surface area contributed by atoms with Crippen LogP contribution in [0.2, 0.25) is 0 Å². The highest BCUT2D eigenvalue weighted by Gasteiger charge is 2.18. The molecule has 106 valence electrons. The van der Waals surface area contributed by atoms with Crippen LogP contribution in [0.5, 0.6) is 0 Å². The maximum absolute atomic E-state index is 12.2. The molecule has 3 aromatic rings. The number of carbonyl (C=O) groups excluding carboxylic acids is 1. The van der Waals surface area contributed by atoms with Crippen molar-refractivity contribution in [2.45, 2.75) is 6.92 Å². The largest absolute Gasteiger partial charge is 0.459 e. The standard InChI is InChI=1S/C16H14N2O2S/c1-11-5-7-12(8-6-11)13-10-21-16(17-13)18(2)15(19)14-4-3-9-20-14/h3-10H,1-2H3. The Kier molecular flexibility index (Phi) is 3.58. The number of rotatable bonds is 3. The van der Waals surface area contributed by atoms with E-state index in [4.69, 9.17) is 4.42 Å². The molecule has 0 fully saturated rings. The summed E-state index contributed by atoms with van der Waals surface area (Å²) >= 11 is 1.43. The van der Waals surface area contributed by atoms with Gasteiger partial charge in [-0.1, -0.05) is 29.8 Å². The molecule has 1 aromatic carbocycles. The first kappa shape index (κ1) is 13.6. The molecule has 2 heterocycles. The number of aromatic nitrogens is 1. The van der Waals surface area contributed by atoms with Gasteiger partial charge in [-0.15, -0.1) is 11.3 Å². The molecule has 0 saturated carbocycles. The molecule has 3 rings (SSSR count). The van der Waals surface area contributed by atoms with Crippen LogP contribution in [-0.2, 0) is 0 Å².